The van der Waals surface area contributed by atoms with Gasteiger partial charge in [0.25, 0.3) is 11.6 Å². The van der Waals surface area contributed by atoms with Crippen molar-refractivity contribution in [2.75, 3.05) is 6.54 Å². The standard InChI is InChI=1S/C11H11FN2O6/c12-7-3-6(4-8(5-7)14(19)20)10(16)13-2-1-9(15)11(17)18/h3-5,9,15H,1-2H2,(H,13,16)(H,17,18). The van der Waals surface area contributed by atoms with Crippen LogP contribution in [0.2, 0.25) is 0 Å². The summed E-state index contributed by atoms with van der Waals surface area (Å²) in [6.45, 7) is -0.170. The number of carbonyl (C=O) groups excluding carboxylic acids is 1. The van der Waals surface area contributed by atoms with E-state index in [-0.39, 0.29) is 18.5 Å². The molecule has 20 heavy (non-hydrogen) atoms. The number of rotatable bonds is 6. The van der Waals surface area contributed by atoms with Crippen LogP contribution in [0.15, 0.2) is 18.2 Å². The molecule has 1 amide bonds. The summed E-state index contributed by atoms with van der Waals surface area (Å²) < 4.78 is 13.1. The Bertz CT molecular complexity index is 548. The highest BCUT2D eigenvalue weighted by Crippen LogP contribution is 2.16. The van der Waals surface area contributed by atoms with Gasteiger partial charge in [0.15, 0.2) is 6.10 Å². The summed E-state index contributed by atoms with van der Waals surface area (Å²) in [6, 6.07) is 2.38. The molecule has 0 fully saturated rings. The Labute approximate surface area is 112 Å². The number of aliphatic hydroxyl groups excluding tert-OH is 1. The highest BCUT2D eigenvalue weighted by Gasteiger charge is 2.16. The molecule has 0 aliphatic carbocycles. The second-order valence-corrected chi connectivity index (χ2v) is 3.85. The van der Waals surface area contributed by atoms with E-state index in [1.165, 1.54) is 0 Å². The third kappa shape index (κ3) is 4.28. The summed E-state index contributed by atoms with van der Waals surface area (Å²) in [5.74, 6) is -3.17. The fourth-order valence-electron chi connectivity index (χ4n) is 1.36. The monoisotopic (exact) mass is 286 g/mol. The summed E-state index contributed by atoms with van der Waals surface area (Å²) in [5, 5.41) is 30.1. The van der Waals surface area contributed by atoms with E-state index in [9.17, 15) is 24.1 Å². The lowest BCUT2D eigenvalue weighted by atomic mass is 10.1. The Hall–Kier alpha value is -2.55. The van der Waals surface area contributed by atoms with Crippen LogP contribution < -0.4 is 5.32 Å². The maximum Gasteiger partial charge on any atom is 0.332 e. The summed E-state index contributed by atoms with van der Waals surface area (Å²) in [6.07, 6.45) is -1.87. The van der Waals surface area contributed by atoms with Crippen molar-refractivity contribution in [2.24, 2.45) is 0 Å². The van der Waals surface area contributed by atoms with Crippen molar-refractivity contribution in [1.29, 1.82) is 0 Å². The minimum atomic E-state index is -1.63. The summed E-state index contributed by atoms with van der Waals surface area (Å²) in [7, 11) is 0. The third-order valence-corrected chi connectivity index (χ3v) is 2.34. The Kier molecular flexibility index (Phi) is 5.09. The Balaban J connectivity index is 2.68. The molecule has 108 valence electrons. The summed E-state index contributed by atoms with van der Waals surface area (Å²) >= 11 is 0. The van der Waals surface area contributed by atoms with E-state index in [2.05, 4.69) is 5.32 Å². The zero-order valence-corrected chi connectivity index (χ0v) is 10.1. The van der Waals surface area contributed by atoms with Gasteiger partial charge in [-0.25, -0.2) is 9.18 Å². The SMILES string of the molecule is O=C(NCCC(O)C(=O)O)c1cc(F)cc([N+](=O)[O-])c1. The van der Waals surface area contributed by atoms with E-state index in [1.54, 1.807) is 0 Å². The van der Waals surface area contributed by atoms with Crippen molar-refractivity contribution in [3.63, 3.8) is 0 Å². The van der Waals surface area contributed by atoms with Crippen LogP contribution in [-0.2, 0) is 4.79 Å². The average molecular weight is 286 g/mol. The van der Waals surface area contributed by atoms with Crippen molar-refractivity contribution in [1.82, 2.24) is 5.32 Å². The van der Waals surface area contributed by atoms with Gasteiger partial charge in [-0.2, -0.15) is 0 Å². The fraction of sp³-hybridized carbons (Fsp3) is 0.273. The van der Waals surface area contributed by atoms with Gasteiger partial charge in [0.05, 0.1) is 11.0 Å². The molecule has 0 aromatic heterocycles. The Morgan fingerprint density at radius 1 is 1.40 bits per heavy atom. The second-order valence-electron chi connectivity index (χ2n) is 3.85. The number of benzene rings is 1. The molecule has 0 radical (unpaired) electrons. The van der Waals surface area contributed by atoms with E-state index in [0.29, 0.717) is 6.07 Å². The lowest BCUT2D eigenvalue weighted by Crippen LogP contribution is -2.30. The number of amides is 1. The molecule has 8 nitrogen and oxygen atoms in total. The number of nitrogens with one attached hydrogen (secondary N) is 1. The predicted molar refractivity (Wildman–Crippen MR) is 63.6 cm³/mol. The molecule has 1 aromatic carbocycles. The van der Waals surface area contributed by atoms with Crippen LogP contribution in [-0.4, -0.2) is 39.7 Å². The minimum Gasteiger partial charge on any atom is -0.479 e. The largest absolute Gasteiger partial charge is 0.479 e. The van der Waals surface area contributed by atoms with Crippen LogP contribution in [0.3, 0.4) is 0 Å². The fourth-order valence-corrected chi connectivity index (χ4v) is 1.36. The number of non-ortho nitro benzene ring substituents is 1. The molecule has 3 N–H and O–H groups in total. The van der Waals surface area contributed by atoms with Gasteiger partial charge in [-0.1, -0.05) is 0 Å². The molecule has 0 aliphatic heterocycles. The highest BCUT2D eigenvalue weighted by molar-refractivity contribution is 5.94. The zero-order valence-electron chi connectivity index (χ0n) is 10.1. The first-order chi connectivity index (χ1) is 9.31. The molecular weight excluding hydrogens is 275 g/mol. The minimum absolute atomic E-state index is 0.170. The van der Waals surface area contributed by atoms with Crippen LogP contribution in [0.1, 0.15) is 16.8 Å². The van der Waals surface area contributed by atoms with Gasteiger partial charge >= 0.3 is 5.97 Å². The maximum atomic E-state index is 13.1. The van der Waals surface area contributed by atoms with Crippen molar-refractivity contribution < 1.29 is 29.1 Å². The van der Waals surface area contributed by atoms with E-state index < -0.39 is 34.4 Å². The first kappa shape index (κ1) is 15.5. The Morgan fingerprint density at radius 3 is 2.60 bits per heavy atom. The number of hydrogen-bond donors (Lipinski definition) is 3. The van der Waals surface area contributed by atoms with Crippen LogP contribution in [0, 0.1) is 15.9 Å². The Morgan fingerprint density at radius 2 is 2.05 bits per heavy atom. The van der Waals surface area contributed by atoms with Gasteiger partial charge in [0.2, 0.25) is 0 Å². The van der Waals surface area contributed by atoms with Crippen LogP contribution in [0.4, 0.5) is 10.1 Å². The molecule has 1 aromatic rings. The molecule has 0 saturated carbocycles. The molecule has 0 aliphatic rings. The van der Waals surface area contributed by atoms with Gasteiger partial charge in [0.1, 0.15) is 5.82 Å². The zero-order chi connectivity index (χ0) is 15.3. The van der Waals surface area contributed by atoms with Crippen molar-refractivity contribution in [3.05, 3.63) is 39.7 Å². The van der Waals surface area contributed by atoms with E-state index in [1.807, 2.05) is 0 Å². The molecule has 0 saturated heterocycles. The predicted octanol–water partition coefficient (Wildman–Crippen LogP) is 0.299. The van der Waals surface area contributed by atoms with Gasteiger partial charge in [-0.15, -0.1) is 0 Å². The average Bonchev–Trinajstić information content (AvgIpc) is 2.37. The van der Waals surface area contributed by atoms with Crippen LogP contribution in [0.5, 0.6) is 0 Å². The third-order valence-electron chi connectivity index (χ3n) is 2.34. The molecule has 1 atom stereocenters. The van der Waals surface area contributed by atoms with Crippen LogP contribution in [0.25, 0.3) is 0 Å². The van der Waals surface area contributed by atoms with Gasteiger partial charge in [0, 0.05) is 24.6 Å². The number of carbonyl (C=O) groups is 2. The van der Waals surface area contributed by atoms with Gasteiger partial charge in [-0.3, -0.25) is 14.9 Å². The normalized spacial score (nSPS) is 11.7. The second kappa shape index (κ2) is 6.57. The molecular formula is C11H11FN2O6. The van der Waals surface area contributed by atoms with Crippen molar-refractivity contribution in [2.45, 2.75) is 12.5 Å². The number of hydrogen-bond acceptors (Lipinski definition) is 5. The molecule has 0 heterocycles. The molecule has 0 bridgehead atoms. The van der Waals surface area contributed by atoms with Gasteiger partial charge in [-0.05, 0) is 6.07 Å². The topological polar surface area (TPSA) is 130 Å². The van der Waals surface area contributed by atoms with E-state index >= 15 is 0 Å². The maximum absolute atomic E-state index is 13.1. The number of carboxylic acids is 1. The van der Waals surface area contributed by atoms with E-state index in [4.69, 9.17) is 10.2 Å². The number of aliphatic carboxylic acids is 1. The number of aliphatic hydroxyl groups is 1. The first-order valence-electron chi connectivity index (χ1n) is 5.45. The first-order valence-corrected chi connectivity index (χ1v) is 5.45. The number of nitrogens with zero attached hydrogens (tertiary/aromatic N) is 1. The lowest BCUT2D eigenvalue weighted by molar-refractivity contribution is -0.385. The van der Waals surface area contributed by atoms with Crippen molar-refractivity contribution in [3.8, 4) is 0 Å². The smallest absolute Gasteiger partial charge is 0.332 e. The molecule has 9 heteroatoms. The van der Waals surface area contributed by atoms with Gasteiger partial charge < -0.3 is 15.5 Å². The van der Waals surface area contributed by atoms with Crippen LogP contribution >= 0.6 is 0 Å². The summed E-state index contributed by atoms with van der Waals surface area (Å²) in [4.78, 5) is 31.6. The molecule has 1 rings (SSSR count). The lowest BCUT2D eigenvalue weighted by Gasteiger charge is -2.07. The number of halogens is 1. The highest BCUT2D eigenvalue weighted by atomic mass is 19.1. The number of carboxylic acid groups (broad SMARTS) is 1. The van der Waals surface area contributed by atoms with E-state index in [0.717, 1.165) is 12.1 Å². The molecule has 0 spiro atoms. The molecule has 1 unspecified atom stereocenters. The van der Waals surface area contributed by atoms with Crippen molar-refractivity contribution >= 4 is 17.6 Å². The number of nitro benzene ring substituents is 1. The quantitative estimate of drug-likeness (QED) is 0.509. The number of nitro groups is 1. The summed E-state index contributed by atoms with van der Waals surface area (Å²) in [5.41, 5.74) is -0.831.